The van der Waals surface area contributed by atoms with Gasteiger partial charge in [-0.2, -0.15) is 0 Å². The molecule has 7 aromatic carbocycles. The Morgan fingerprint density at radius 1 is 0.556 bits per heavy atom. The van der Waals surface area contributed by atoms with E-state index < -0.39 is 0 Å². The summed E-state index contributed by atoms with van der Waals surface area (Å²) >= 11 is 0. The normalized spacial score (nSPS) is 16.7. The minimum absolute atomic E-state index is 0.0366. The number of aromatic nitrogens is 1. The molecular formula is C41H29N3O. The fraction of sp³-hybridized carbons (Fsp3) is 0.0488. The Morgan fingerprint density at radius 2 is 1.22 bits per heavy atom. The van der Waals surface area contributed by atoms with Gasteiger partial charge in [0, 0.05) is 16.6 Å². The van der Waals surface area contributed by atoms with E-state index in [0.29, 0.717) is 5.89 Å². The molecule has 1 aliphatic heterocycles. The zero-order valence-corrected chi connectivity index (χ0v) is 24.4. The number of fused-ring (bicyclic) bond motifs is 6. The molecule has 9 rings (SSSR count). The molecule has 0 bridgehead atoms. The number of hydrogen-bond donors (Lipinski definition) is 2. The van der Waals surface area contributed by atoms with Crippen LogP contribution in [0, 0.1) is 0 Å². The van der Waals surface area contributed by atoms with Gasteiger partial charge in [-0.15, -0.1) is 0 Å². The molecule has 0 spiro atoms. The monoisotopic (exact) mass is 579 g/mol. The molecule has 0 saturated carbocycles. The van der Waals surface area contributed by atoms with Gasteiger partial charge in [0.1, 0.15) is 11.7 Å². The van der Waals surface area contributed by atoms with E-state index in [1.807, 2.05) is 36.4 Å². The summed E-state index contributed by atoms with van der Waals surface area (Å²) in [6.45, 7) is 0. The van der Waals surface area contributed by atoms with Crippen LogP contribution in [0.2, 0.25) is 0 Å². The lowest BCUT2D eigenvalue weighted by molar-refractivity contribution is 0.443. The van der Waals surface area contributed by atoms with Crippen LogP contribution in [0.25, 0.3) is 60.6 Å². The molecule has 8 aromatic rings. The van der Waals surface area contributed by atoms with Crippen LogP contribution >= 0.6 is 0 Å². The van der Waals surface area contributed by atoms with Crippen molar-refractivity contribution in [2.24, 2.45) is 0 Å². The molecule has 4 nitrogen and oxygen atoms in total. The fourth-order valence-electron chi connectivity index (χ4n) is 6.65. The average Bonchev–Trinajstić information content (AvgIpc) is 3.56. The van der Waals surface area contributed by atoms with Crippen molar-refractivity contribution in [2.75, 3.05) is 0 Å². The number of hydrogen-bond acceptors (Lipinski definition) is 4. The van der Waals surface area contributed by atoms with Crippen molar-refractivity contribution in [3.8, 4) is 11.5 Å². The predicted molar refractivity (Wildman–Crippen MR) is 185 cm³/mol. The molecule has 45 heavy (non-hydrogen) atoms. The maximum atomic E-state index is 6.23. The maximum absolute atomic E-state index is 6.23. The third kappa shape index (κ3) is 4.55. The van der Waals surface area contributed by atoms with E-state index in [9.17, 15) is 0 Å². The Labute approximate surface area is 260 Å². The van der Waals surface area contributed by atoms with E-state index in [0.717, 1.165) is 38.5 Å². The predicted octanol–water partition coefficient (Wildman–Crippen LogP) is 9.93. The van der Waals surface area contributed by atoms with Crippen molar-refractivity contribution in [1.29, 1.82) is 0 Å². The summed E-state index contributed by atoms with van der Waals surface area (Å²) in [5.74, 6) is 0.641. The van der Waals surface area contributed by atoms with E-state index in [-0.39, 0.29) is 12.2 Å². The van der Waals surface area contributed by atoms with Crippen LogP contribution in [0.5, 0.6) is 0 Å². The van der Waals surface area contributed by atoms with Crippen LogP contribution in [0.15, 0.2) is 156 Å². The molecule has 2 atom stereocenters. The molecule has 0 amide bonds. The molecule has 0 saturated heterocycles. The molecule has 2 heterocycles. The van der Waals surface area contributed by atoms with Crippen molar-refractivity contribution in [3.63, 3.8) is 0 Å². The minimum atomic E-state index is -0.0886. The molecule has 0 aliphatic carbocycles. The van der Waals surface area contributed by atoms with Crippen LogP contribution in [0.3, 0.4) is 0 Å². The zero-order chi connectivity index (χ0) is 29.7. The topological polar surface area (TPSA) is 50.1 Å². The quantitative estimate of drug-likeness (QED) is 0.204. The van der Waals surface area contributed by atoms with Crippen molar-refractivity contribution in [3.05, 3.63) is 168 Å². The van der Waals surface area contributed by atoms with Crippen LogP contribution in [0.1, 0.15) is 28.9 Å². The zero-order valence-electron chi connectivity index (χ0n) is 24.4. The van der Waals surface area contributed by atoms with Crippen LogP contribution in [0.4, 0.5) is 0 Å². The van der Waals surface area contributed by atoms with Gasteiger partial charge in [0.15, 0.2) is 5.58 Å². The van der Waals surface area contributed by atoms with E-state index in [4.69, 9.17) is 9.40 Å². The Kier molecular flexibility index (Phi) is 6.00. The molecule has 4 heteroatoms. The summed E-state index contributed by atoms with van der Waals surface area (Å²) in [4.78, 5) is 4.98. The van der Waals surface area contributed by atoms with Gasteiger partial charge in [-0.1, -0.05) is 115 Å². The summed E-state index contributed by atoms with van der Waals surface area (Å²) in [6.07, 6.45) is 2.21. The largest absolute Gasteiger partial charge is 0.436 e. The first-order chi connectivity index (χ1) is 22.3. The highest BCUT2D eigenvalue weighted by molar-refractivity contribution is 6.18. The lowest BCUT2D eigenvalue weighted by Crippen LogP contribution is -2.39. The van der Waals surface area contributed by atoms with Crippen molar-refractivity contribution in [1.82, 2.24) is 15.6 Å². The van der Waals surface area contributed by atoms with Gasteiger partial charge in [0.05, 0.1) is 6.04 Å². The summed E-state index contributed by atoms with van der Waals surface area (Å²) < 4.78 is 6.23. The standard InChI is InChI=1S/C41H29N3O/c1-3-10-27(11-4-1)35-25-36(32-18-15-26-9-7-8-14-30(26)23-32)43-40(42-35)33-19-21-34-31(24-33)17-16-28-20-22-37-39(38(28)34)44-41(45-37)29-12-5-2-6-13-29/h1-25,36,40,42-43H. The second-order valence-corrected chi connectivity index (χ2v) is 11.7. The van der Waals surface area contributed by atoms with Crippen molar-refractivity contribution in [2.45, 2.75) is 12.2 Å². The molecule has 1 aromatic heterocycles. The summed E-state index contributed by atoms with van der Waals surface area (Å²) in [5, 5.41) is 14.8. The number of oxazole rings is 1. The first-order valence-electron chi connectivity index (χ1n) is 15.4. The van der Waals surface area contributed by atoms with E-state index >= 15 is 0 Å². The molecular weight excluding hydrogens is 550 g/mol. The van der Waals surface area contributed by atoms with Crippen molar-refractivity contribution < 1.29 is 4.42 Å². The van der Waals surface area contributed by atoms with Gasteiger partial charge < -0.3 is 9.73 Å². The van der Waals surface area contributed by atoms with Crippen LogP contribution in [-0.2, 0) is 0 Å². The highest BCUT2D eigenvalue weighted by Crippen LogP contribution is 2.37. The molecule has 2 unspecified atom stereocenters. The molecule has 1 aliphatic rings. The smallest absolute Gasteiger partial charge is 0.227 e. The second-order valence-electron chi connectivity index (χ2n) is 11.7. The first-order valence-corrected chi connectivity index (χ1v) is 15.4. The third-order valence-corrected chi connectivity index (χ3v) is 8.93. The number of nitrogens with zero attached hydrogens (tertiary/aromatic N) is 1. The summed E-state index contributed by atoms with van der Waals surface area (Å²) in [6, 6.07) is 51.3. The van der Waals surface area contributed by atoms with Gasteiger partial charge in [0.25, 0.3) is 0 Å². The Hall–Kier alpha value is -5.71. The maximum Gasteiger partial charge on any atom is 0.227 e. The molecule has 0 fully saturated rings. The van der Waals surface area contributed by atoms with E-state index in [2.05, 4.69) is 126 Å². The molecule has 0 radical (unpaired) electrons. The van der Waals surface area contributed by atoms with Gasteiger partial charge in [0.2, 0.25) is 5.89 Å². The van der Waals surface area contributed by atoms with Gasteiger partial charge in [-0.3, -0.25) is 5.32 Å². The SMILES string of the molecule is C1=C(c2ccccc2)NC(c2ccc3c(ccc4ccc5oc(-c6ccccc6)nc5c43)c2)NC1c1ccc2ccccc2c1. The lowest BCUT2D eigenvalue weighted by Gasteiger charge is -2.33. The average molecular weight is 580 g/mol. The van der Waals surface area contributed by atoms with E-state index in [1.165, 1.54) is 32.8 Å². The minimum Gasteiger partial charge on any atom is -0.436 e. The van der Waals surface area contributed by atoms with Crippen molar-refractivity contribution >= 4 is 49.1 Å². The second kappa shape index (κ2) is 10.5. The van der Waals surface area contributed by atoms with Crippen LogP contribution in [-0.4, -0.2) is 4.98 Å². The van der Waals surface area contributed by atoms with E-state index in [1.54, 1.807) is 0 Å². The fourth-order valence-corrected chi connectivity index (χ4v) is 6.65. The Bertz CT molecular complexity index is 2390. The molecule has 2 N–H and O–H groups in total. The van der Waals surface area contributed by atoms with Gasteiger partial charge >= 0.3 is 0 Å². The van der Waals surface area contributed by atoms with Gasteiger partial charge in [-0.25, -0.2) is 4.98 Å². The third-order valence-electron chi connectivity index (χ3n) is 8.93. The number of rotatable bonds is 4. The molecule has 214 valence electrons. The summed E-state index contributed by atoms with van der Waals surface area (Å²) in [5.41, 5.74) is 7.36. The highest BCUT2D eigenvalue weighted by Gasteiger charge is 2.25. The number of nitrogens with one attached hydrogen (secondary N) is 2. The Balaban J connectivity index is 1.14. The lowest BCUT2D eigenvalue weighted by atomic mass is 9.95. The van der Waals surface area contributed by atoms with Gasteiger partial charge in [-0.05, 0) is 80.0 Å². The number of benzene rings is 7. The first kappa shape index (κ1) is 25.8. The Morgan fingerprint density at radius 3 is 2.07 bits per heavy atom. The van der Waals surface area contributed by atoms with Crippen LogP contribution < -0.4 is 10.6 Å². The summed E-state index contributed by atoms with van der Waals surface area (Å²) in [7, 11) is 0. The highest BCUT2D eigenvalue weighted by atomic mass is 16.3.